The molecule has 1 rings (SSSR count). The molecule has 0 bridgehead atoms. The van der Waals surface area contributed by atoms with Crippen molar-refractivity contribution >= 4 is 11.8 Å². The molecular formula is C15H28N2O3. The van der Waals surface area contributed by atoms with E-state index in [0.29, 0.717) is 26.2 Å². The molecule has 0 aromatic heterocycles. The highest BCUT2D eigenvalue weighted by Gasteiger charge is 2.41. The van der Waals surface area contributed by atoms with Crippen LogP contribution in [0, 0.1) is 5.92 Å². The first-order valence-electron chi connectivity index (χ1n) is 7.75. The van der Waals surface area contributed by atoms with Gasteiger partial charge in [-0.05, 0) is 18.8 Å². The number of hydrogen-bond donors (Lipinski definition) is 1. The quantitative estimate of drug-likeness (QED) is 0.688. The maximum absolute atomic E-state index is 12.5. The third kappa shape index (κ3) is 3.95. The average molecular weight is 284 g/mol. The monoisotopic (exact) mass is 284 g/mol. The topological polar surface area (TPSA) is 58.6 Å². The van der Waals surface area contributed by atoms with Crippen molar-refractivity contribution in [3.63, 3.8) is 0 Å². The van der Waals surface area contributed by atoms with Gasteiger partial charge in [0.15, 0.2) is 0 Å². The molecule has 3 atom stereocenters. The van der Waals surface area contributed by atoms with Gasteiger partial charge in [-0.15, -0.1) is 0 Å². The minimum absolute atomic E-state index is 0.0255. The Balaban J connectivity index is 2.77. The molecule has 1 aliphatic heterocycles. The second-order valence-corrected chi connectivity index (χ2v) is 5.44. The van der Waals surface area contributed by atoms with Crippen molar-refractivity contribution in [2.45, 2.75) is 59.0 Å². The molecule has 20 heavy (non-hydrogen) atoms. The maximum Gasteiger partial charge on any atom is 0.245 e. The summed E-state index contributed by atoms with van der Waals surface area (Å²) in [6, 6.07) is -0.741. The van der Waals surface area contributed by atoms with E-state index in [1.807, 2.05) is 20.8 Å². The second kappa shape index (κ2) is 8.25. The highest BCUT2D eigenvalue weighted by atomic mass is 16.5. The molecule has 0 aromatic rings. The summed E-state index contributed by atoms with van der Waals surface area (Å²) in [7, 11) is 0. The minimum Gasteiger partial charge on any atom is -0.380 e. The molecule has 0 aliphatic carbocycles. The Morgan fingerprint density at radius 3 is 2.50 bits per heavy atom. The van der Waals surface area contributed by atoms with E-state index in [0.717, 1.165) is 12.8 Å². The fourth-order valence-corrected chi connectivity index (χ4v) is 2.52. The van der Waals surface area contributed by atoms with E-state index in [2.05, 4.69) is 12.2 Å². The van der Waals surface area contributed by atoms with Gasteiger partial charge in [0.05, 0.1) is 6.61 Å². The van der Waals surface area contributed by atoms with E-state index in [-0.39, 0.29) is 29.8 Å². The van der Waals surface area contributed by atoms with Crippen molar-refractivity contribution in [2.24, 2.45) is 5.92 Å². The lowest BCUT2D eigenvalue weighted by Gasteiger charge is -2.41. The average Bonchev–Trinajstić information content (AvgIpc) is 2.45. The maximum atomic E-state index is 12.5. The highest BCUT2D eigenvalue weighted by Crippen LogP contribution is 2.20. The van der Waals surface area contributed by atoms with Crippen LogP contribution in [-0.4, -0.2) is 48.6 Å². The zero-order chi connectivity index (χ0) is 15.1. The molecule has 0 radical (unpaired) electrons. The normalized spacial score (nSPS) is 24.7. The van der Waals surface area contributed by atoms with Gasteiger partial charge in [-0.1, -0.05) is 34.1 Å². The van der Waals surface area contributed by atoms with Gasteiger partial charge < -0.3 is 15.0 Å². The van der Waals surface area contributed by atoms with Gasteiger partial charge in [0.1, 0.15) is 12.1 Å². The summed E-state index contributed by atoms with van der Waals surface area (Å²) in [6.07, 6.45) is 2.46. The van der Waals surface area contributed by atoms with Gasteiger partial charge in [-0.2, -0.15) is 0 Å². The summed E-state index contributed by atoms with van der Waals surface area (Å²) in [5.74, 6) is 0.154. The van der Waals surface area contributed by atoms with Gasteiger partial charge >= 0.3 is 0 Å². The van der Waals surface area contributed by atoms with Crippen molar-refractivity contribution in [1.82, 2.24) is 10.2 Å². The Morgan fingerprint density at radius 2 is 1.95 bits per heavy atom. The Labute approximate surface area is 122 Å². The first kappa shape index (κ1) is 17.0. The van der Waals surface area contributed by atoms with Crippen LogP contribution in [0.5, 0.6) is 0 Å². The van der Waals surface area contributed by atoms with Crippen molar-refractivity contribution < 1.29 is 14.3 Å². The molecule has 0 spiro atoms. The smallest absolute Gasteiger partial charge is 0.245 e. The Morgan fingerprint density at radius 1 is 1.25 bits per heavy atom. The lowest BCUT2D eigenvalue weighted by molar-refractivity contribution is -0.152. The molecule has 0 aromatic carbocycles. The number of nitrogens with one attached hydrogen (secondary N) is 1. The van der Waals surface area contributed by atoms with Gasteiger partial charge in [-0.25, -0.2) is 0 Å². The number of ether oxygens (including phenoxy) is 1. The first-order chi connectivity index (χ1) is 9.56. The third-order valence-corrected chi connectivity index (χ3v) is 3.92. The molecule has 1 fully saturated rings. The van der Waals surface area contributed by atoms with Crippen molar-refractivity contribution in [3.05, 3.63) is 0 Å². The third-order valence-electron chi connectivity index (χ3n) is 3.92. The molecule has 1 heterocycles. The Hall–Kier alpha value is -1.10. The fraction of sp³-hybridized carbons (Fsp3) is 0.867. The standard InChI is InChI=1S/C15H28N2O3/c1-5-9-20-10-8-17-13(11(4)6-2)14(18)16-12(7-3)15(17)19/h11-13H,5-10H2,1-4H3,(H,16,18). The first-order valence-corrected chi connectivity index (χ1v) is 7.75. The number of carbonyl (C=O) groups is 2. The van der Waals surface area contributed by atoms with Crippen LogP contribution in [0.2, 0.25) is 0 Å². The molecule has 5 heteroatoms. The summed E-state index contributed by atoms with van der Waals surface area (Å²) in [6.45, 7) is 9.71. The van der Waals surface area contributed by atoms with Crippen LogP contribution in [0.3, 0.4) is 0 Å². The number of nitrogens with zero attached hydrogens (tertiary/aromatic N) is 1. The van der Waals surface area contributed by atoms with E-state index < -0.39 is 0 Å². The van der Waals surface area contributed by atoms with Crippen LogP contribution in [-0.2, 0) is 14.3 Å². The predicted octanol–water partition coefficient (Wildman–Crippen LogP) is 1.56. The van der Waals surface area contributed by atoms with Gasteiger partial charge in [0.25, 0.3) is 0 Å². The zero-order valence-electron chi connectivity index (χ0n) is 13.1. The Kier molecular flexibility index (Phi) is 6.99. The lowest BCUT2D eigenvalue weighted by Crippen LogP contribution is -2.65. The molecule has 1 saturated heterocycles. The van der Waals surface area contributed by atoms with Crippen LogP contribution in [0.1, 0.15) is 47.0 Å². The van der Waals surface area contributed by atoms with E-state index in [9.17, 15) is 9.59 Å². The fourth-order valence-electron chi connectivity index (χ4n) is 2.52. The number of rotatable bonds is 8. The van der Waals surface area contributed by atoms with Gasteiger partial charge in [-0.3, -0.25) is 9.59 Å². The van der Waals surface area contributed by atoms with E-state index in [4.69, 9.17) is 4.74 Å². The molecule has 1 aliphatic rings. The zero-order valence-corrected chi connectivity index (χ0v) is 13.1. The minimum atomic E-state index is -0.381. The van der Waals surface area contributed by atoms with E-state index >= 15 is 0 Å². The van der Waals surface area contributed by atoms with E-state index in [1.54, 1.807) is 4.90 Å². The van der Waals surface area contributed by atoms with Crippen LogP contribution < -0.4 is 5.32 Å². The molecule has 116 valence electrons. The SMILES string of the molecule is CCCOCCN1C(=O)C(CC)NC(=O)C1C(C)CC. The van der Waals surface area contributed by atoms with Crippen molar-refractivity contribution in [2.75, 3.05) is 19.8 Å². The summed E-state index contributed by atoms with van der Waals surface area (Å²) in [4.78, 5) is 26.4. The van der Waals surface area contributed by atoms with Crippen LogP contribution in [0.15, 0.2) is 0 Å². The van der Waals surface area contributed by atoms with Crippen LogP contribution in [0.4, 0.5) is 0 Å². The van der Waals surface area contributed by atoms with Gasteiger partial charge in [0, 0.05) is 13.2 Å². The molecule has 2 amide bonds. The summed E-state index contributed by atoms with van der Waals surface area (Å²) in [5.41, 5.74) is 0. The summed E-state index contributed by atoms with van der Waals surface area (Å²) in [5, 5.41) is 2.84. The Bertz CT molecular complexity index is 333. The van der Waals surface area contributed by atoms with Gasteiger partial charge in [0.2, 0.25) is 11.8 Å². The number of hydrogen-bond acceptors (Lipinski definition) is 3. The van der Waals surface area contributed by atoms with Crippen molar-refractivity contribution in [1.29, 1.82) is 0 Å². The molecule has 0 saturated carbocycles. The number of carbonyl (C=O) groups excluding carboxylic acids is 2. The largest absolute Gasteiger partial charge is 0.380 e. The van der Waals surface area contributed by atoms with E-state index in [1.165, 1.54) is 0 Å². The summed E-state index contributed by atoms with van der Waals surface area (Å²) < 4.78 is 5.47. The molecular weight excluding hydrogens is 256 g/mol. The highest BCUT2D eigenvalue weighted by molar-refractivity contribution is 5.97. The number of amides is 2. The van der Waals surface area contributed by atoms with Crippen molar-refractivity contribution in [3.8, 4) is 0 Å². The lowest BCUT2D eigenvalue weighted by atomic mass is 9.93. The molecule has 3 unspecified atom stereocenters. The molecule has 1 N–H and O–H groups in total. The number of piperazine rings is 1. The predicted molar refractivity (Wildman–Crippen MR) is 78.3 cm³/mol. The van der Waals surface area contributed by atoms with Crippen LogP contribution >= 0.6 is 0 Å². The van der Waals surface area contributed by atoms with Crippen LogP contribution in [0.25, 0.3) is 0 Å². The second-order valence-electron chi connectivity index (χ2n) is 5.44. The summed E-state index contributed by atoms with van der Waals surface area (Å²) >= 11 is 0. The molecule has 5 nitrogen and oxygen atoms in total.